The van der Waals surface area contributed by atoms with Gasteiger partial charge in [-0.3, -0.25) is 9.78 Å². The number of phenols is 1. The standard InChI is InChI=1S/C18H19ClN6O2/c1-24-6-4-12(9-24)25-10-15(22-23-25)18(27)21-8-11-7-14(19)13-3-2-5-20-16(13)17(11)26/h2-3,5,7,10,12,26H,4,6,8-9H2,1H3,(H,21,27). The first-order valence-electron chi connectivity index (χ1n) is 8.66. The Labute approximate surface area is 160 Å². The lowest BCUT2D eigenvalue weighted by atomic mass is 10.1. The second-order valence-corrected chi connectivity index (χ2v) is 7.14. The van der Waals surface area contributed by atoms with Gasteiger partial charge in [-0.25, -0.2) is 4.68 Å². The third kappa shape index (κ3) is 3.45. The third-order valence-electron chi connectivity index (χ3n) is 4.82. The van der Waals surface area contributed by atoms with Gasteiger partial charge < -0.3 is 15.3 Å². The maximum absolute atomic E-state index is 12.4. The molecule has 0 aliphatic carbocycles. The number of amides is 1. The first-order chi connectivity index (χ1) is 13.0. The molecule has 140 valence electrons. The van der Waals surface area contributed by atoms with Gasteiger partial charge >= 0.3 is 0 Å². The van der Waals surface area contributed by atoms with Crippen molar-refractivity contribution in [2.75, 3.05) is 20.1 Å². The number of rotatable bonds is 4. The zero-order chi connectivity index (χ0) is 19.0. The second-order valence-electron chi connectivity index (χ2n) is 6.74. The fourth-order valence-corrected chi connectivity index (χ4v) is 3.61. The number of phenolic OH excluding ortho intramolecular Hbond substituents is 1. The van der Waals surface area contributed by atoms with E-state index in [1.54, 1.807) is 35.3 Å². The fraction of sp³-hybridized carbons (Fsp3) is 0.333. The van der Waals surface area contributed by atoms with Crippen molar-refractivity contribution < 1.29 is 9.90 Å². The highest BCUT2D eigenvalue weighted by Crippen LogP contribution is 2.32. The molecule has 0 saturated carbocycles. The summed E-state index contributed by atoms with van der Waals surface area (Å²) in [6, 6.07) is 5.40. The van der Waals surface area contributed by atoms with Crippen LogP contribution in [0.2, 0.25) is 5.02 Å². The number of aromatic nitrogens is 4. The summed E-state index contributed by atoms with van der Waals surface area (Å²) in [5.41, 5.74) is 1.14. The summed E-state index contributed by atoms with van der Waals surface area (Å²) in [7, 11) is 2.06. The van der Waals surface area contributed by atoms with Gasteiger partial charge in [0.05, 0.1) is 17.3 Å². The first kappa shape index (κ1) is 17.7. The molecule has 1 unspecified atom stereocenters. The number of carbonyl (C=O) groups excluding carboxylic acids is 1. The van der Waals surface area contributed by atoms with Crippen molar-refractivity contribution in [3.63, 3.8) is 0 Å². The number of pyridine rings is 1. The number of benzene rings is 1. The molecular weight excluding hydrogens is 368 g/mol. The highest BCUT2D eigenvalue weighted by Gasteiger charge is 2.23. The molecule has 4 rings (SSSR count). The van der Waals surface area contributed by atoms with E-state index in [1.165, 1.54) is 0 Å². The summed E-state index contributed by atoms with van der Waals surface area (Å²) in [5, 5.41) is 22.4. The van der Waals surface area contributed by atoms with Crippen molar-refractivity contribution in [2.24, 2.45) is 0 Å². The Morgan fingerprint density at radius 3 is 3.11 bits per heavy atom. The van der Waals surface area contributed by atoms with Crippen LogP contribution in [0.4, 0.5) is 0 Å². The van der Waals surface area contributed by atoms with Crippen LogP contribution < -0.4 is 5.32 Å². The van der Waals surface area contributed by atoms with Gasteiger partial charge in [0.25, 0.3) is 5.91 Å². The van der Waals surface area contributed by atoms with Crippen molar-refractivity contribution in [2.45, 2.75) is 19.0 Å². The van der Waals surface area contributed by atoms with Gasteiger partial charge in [-0.05, 0) is 38.2 Å². The predicted octanol–water partition coefficient (Wildman–Crippen LogP) is 1.99. The molecule has 1 fully saturated rings. The zero-order valence-electron chi connectivity index (χ0n) is 14.8. The molecule has 2 N–H and O–H groups in total. The van der Waals surface area contributed by atoms with Crippen molar-refractivity contribution in [3.8, 4) is 5.75 Å². The van der Waals surface area contributed by atoms with E-state index in [9.17, 15) is 9.90 Å². The van der Waals surface area contributed by atoms with Crippen LogP contribution in [0, 0.1) is 0 Å². The van der Waals surface area contributed by atoms with Gasteiger partial charge in [-0.2, -0.15) is 0 Å². The Kier molecular flexibility index (Phi) is 4.67. The number of aromatic hydroxyl groups is 1. The van der Waals surface area contributed by atoms with Crippen LogP contribution in [0.3, 0.4) is 0 Å². The molecule has 2 aromatic heterocycles. The molecule has 1 aliphatic rings. The molecule has 9 heteroatoms. The minimum Gasteiger partial charge on any atom is -0.505 e. The lowest BCUT2D eigenvalue weighted by Gasteiger charge is -2.10. The topological polar surface area (TPSA) is 96.2 Å². The van der Waals surface area contributed by atoms with Crippen molar-refractivity contribution in [1.29, 1.82) is 0 Å². The summed E-state index contributed by atoms with van der Waals surface area (Å²) < 4.78 is 1.74. The van der Waals surface area contributed by atoms with Crippen LogP contribution in [0.5, 0.6) is 5.75 Å². The van der Waals surface area contributed by atoms with Crippen LogP contribution in [0.25, 0.3) is 10.9 Å². The molecule has 3 heterocycles. The molecule has 1 aromatic carbocycles. The molecule has 0 spiro atoms. The maximum Gasteiger partial charge on any atom is 0.273 e. The molecule has 1 aliphatic heterocycles. The number of halogens is 1. The van der Waals surface area contributed by atoms with E-state index in [0.717, 1.165) is 19.5 Å². The van der Waals surface area contributed by atoms with Gasteiger partial charge in [-0.15, -0.1) is 5.10 Å². The quantitative estimate of drug-likeness (QED) is 0.711. The largest absolute Gasteiger partial charge is 0.505 e. The van der Waals surface area contributed by atoms with Crippen LogP contribution >= 0.6 is 11.6 Å². The van der Waals surface area contributed by atoms with Gasteiger partial charge in [0, 0.05) is 30.2 Å². The number of nitrogens with zero attached hydrogens (tertiary/aromatic N) is 5. The number of hydrogen-bond acceptors (Lipinski definition) is 6. The molecule has 1 atom stereocenters. The first-order valence-corrected chi connectivity index (χ1v) is 9.04. The molecule has 0 radical (unpaired) electrons. The third-order valence-corrected chi connectivity index (χ3v) is 5.13. The Morgan fingerprint density at radius 2 is 2.33 bits per heavy atom. The summed E-state index contributed by atoms with van der Waals surface area (Å²) >= 11 is 6.26. The van der Waals surface area contributed by atoms with E-state index >= 15 is 0 Å². The van der Waals surface area contributed by atoms with Crippen molar-refractivity contribution in [1.82, 2.24) is 30.2 Å². The summed E-state index contributed by atoms with van der Waals surface area (Å²) in [4.78, 5) is 18.8. The Bertz CT molecular complexity index is 1000. The Balaban J connectivity index is 1.48. The summed E-state index contributed by atoms with van der Waals surface area (Å²) in [6.07, 6.45) is 4.23. The van der Waals surface area contributed by atoms with E-state index in [0.29, 0.717) is 21.5 Å². The molecule has 3 aromatic rings. The summed E-state index contributed by atoms with van der Waals surface area (Å²) in [5.74, 6) is -0.350. The lowest BCUT2D eigenvalue weighted by Crippen LogP contribution is -2.23. The highest BCUT2D eigenvalue weighted by molar-refractivity contribution is 6.35. The number of fused-ring (bicyclic) bond motifs is 1. The number of carbonyl (C=O) groups is 1. The van der Waals surface area contributed by atoms with Gasteiger partial charge in [0.2, 0.25) is 0 Å². The number of nitrogens with one attached hydrogen (secondary N) is 1. The molecular formula is C18H19ClN6O2. The van der Waals surface area contributed by atoms with Gasteiger partial charge in [-0.1, -0.05) is 16.8 Å². The smallest absolute Gasteiger partial charge is 0.273 e. The van der Waals surface area contributed by atoms with E-state index in [2.05, 4.69) is 32.6 Å². The van der Waals surface area contributed by atoms with Crippen LogP contribution in [0.15, 0.2) is 30.6 Å². The van der Waals surface area contributed by atoms with E-state index in [4.69, 9.17) is 11.6 Å². The number of likely N-dealkylation sites (tertiary alicyclic amines) is 1. The minimum atomic E-state index is -0.357. The average molecular weight is 387 g/mol. The number of hydrogen-bond donors (Lipinski definition) is 2. The second kappa shape index (κ2) is 7.13. The monoisotopic (exact) mass is 386 g/mol. The van der Waals surface area contributed by atoms with Gasteiger partial charge in [0.1, 0.15) is 11.3 Å². The molecule has 27 heavy (non-hydrogen) atoms. The number of likely N-dealkylation sites (N-methyl/N-ethyl adjacent to an activating group) is 1. The molecule has 1 amide bonds. The van der Waals surface area contributed by atoms with E-state index in [1.807, 2.05) is 0 Å². The minimum absolute atomic E-state index is 0.00736. The predicted molar refractivity (Wildman–Crippen MR) is 101 cm³/mol. The SMILES string of the molecule is CN1CCC(n2cc(C(=O)NCc3cc(Cl)c4cccnc4c3O)nn2)C1. The average Bonchev–Trinajstić information content (AvgIpc) is 3.32. The lowest BCUT2D eigenvalue weighted by molar-refractivity contribution is 0.0945. The molecule has 8 nitrogen and oxygen atoms in total. The van der Waals surface area contributed by atoms with Crippen molar-refractivity contribution in [3.05, 3.63) is 46.9 Å². The van der Waals surface area contributed by atoms with Crippen LogP contribution in [0.1, 0.15) is 28.5 Å². The Morgan fingerprint density at radius 1 is 1.48 bits per heavy atom. The van der Waals surface area contributed by atoms with Crippen molar-refractivity contribution >= 4 is 28.4 Å². The maximum atomic E-state index is 12.4. The fourth-order valence-electron chi connectivity index (χ4n) is 3.33. The zero-order valence-corrected chi connectivity index (χ0v) is 15.5. The molecule has 1 saturated heterocycles. The van der Waals surface area contributed by atoms with E-state index < -0.39 is 0 Å². The van der Waals surface area contributed by atoms with Crippen LogP contribution in [-0.4, -0.2) is 56.0 Å². The van der Waals surface area contributed by atoms with Gasteiger partial charge in [0.15, 0.2) is 5.69 Å². The summed E-state index contributed by atoms with van der Waals surface area (Å²) in [6.45, 7) is 2.00. The Hall–Kier alpha value is -2.71. The van der Waals surface area contributed by atoms with E-state index in [-0.39, 0.29) is 29.9 Å². The normalized spacial score (nSPS) is 17.5. The highest BCUT2D eigenvalue weighted by atomic mass is 35.5. The molecule has 0 bridgehead atoms. The van der Waals surface area contributed by atoms with Crippen LogP contribution in [-0.2, 0) is 6.54 Å².